The molecule has 0 saturated carbocycles. The zero-order valence-electron chi connectivity index (χ0n) is 20.2. The van der Waals surface area contributed by atoms with E-state index in [4.69, 9.17) is 0 Å². The second-order valence-corrected chi connectivity index (χ2v) is 8.85. The largest absolute Gasteiger partial charge is 0.344 e. The van der Waals surface area contributed by atoms with E-state index >= 15 is 0 Å². The minimum Gasteiger partial charge on any atom is -0.344 e. The zero-order valence-corrected chi connectivity index (χ0v) is 20.2. The lowest BCUT2D eigenvalue weighted by Crippen LogP contribution is -2.32. The van der Waals surface area contributed by atoms with Crippen LogP contribution in [0.3, 0.4) is 0 Å². The summed E-state index contributed by atoms with van der Waals surface area (Å²) in [6.07, 6.45) is 3.53. The normalized spacial score (nSPS) is 12.1. The summed E-state index contributed by atoms with van der Waals surface area (Å²) in [6, 6.07) is 17.9. The van der Waals surface area contributed by atoms with Gasteiger partial charge in [-0.3, -0.25) is 19.0 Å². The smallest absolute Gasteiger partial charge is 0.263 e. The minimum atomic E-state index is -0.524. The van der Waals surface area contributed by atoms with Gasteiger partial charge < -0.3 is 5.32 Å². The average Bonchev–Trinajstić information content (AvgIpc) is 3.19. The molecule has 5 aromatic rings. The zero-order chi connectivity index (χ0) is 25.4. The lowest BCUT2D eigenvalue weighted by molar-refractivity contribution is -0.116. The van der Waals surface area contributed by atoms with E-state index in [0.29, 0.717) is 39.2 Å². The molecule has 8 nitrogen and oxygen atoms in total. The average molecular weight is 480 g/mol. The first-order valence-electron chi connectivity index (χ1n) is 11.7. The van der Waals surface area contributed by atoms with Crippen molar-refractivity contribution in [3.05, 3.63) is 106 Å². The summed E-state index contributed by atoms with van der Waals surface area (Å²) in [5, 5.41) is 8.63. The lowest BCUT2D eigenvalue weighted by atomic mass is 10.00. The van der Waals surface area contributed by atoms with Gasteiger partial charge in [-0.2, -0.15) is 5.10 Å². The molecule has 180 valence electrons. The van der Waals surface area contributed by atoms with Gasteiger partial charge in [0, 0.05) is 30.2 Å². The highest BCUT2D eigenvalue weighted by molar-refractivity contribution is 6.01. The third-order valence-corrected chi connectivity index (χ3v) is 6.20. The topological polar surface area (TPSA) is 98.4 Å². The van der Waals surface area contributed by atoms with Crippen LogP contribution in [0.15, 0.2) is 77.9 Å². The summed E-state index contributed by atoms with van der Waals surface area (Å²) in [5.41, 5.74) is 3.16. The Labute approximate surface area is 207 Å². The van der Waals surface area contributed by atoms with E-state index in [-0.39, 0.29) is 23.7 Å². The Hall–Kier alpha value is -4.59. The van der Waals surface area contributed by atoms with Crippen LogP contribution in [0.4, 0.5) is 0 Å². The molecule has 1 N–H and O–H groups in total. The molecule has 1 atom stereocenters. The van der Waals surface area contributed by atoms with Gasteiger partial charge in [-0.1, -0.05) is 36.4 Å². The van der Waals surface area contributed by atoms with Crippen LogP contribution in [0, 0.1) is 6.92 Å². The number of amides is 1. The predicted molar refractivity (Wildman–Crippen MR) is 138 cm³/mol. The molecule has 5 rings (SSSR count). The fourth-order valence-electron chi connectivity index (χ4n) is 4.64. The maximum Gasteiger partial charge on any atom is 0.263 e. The molecule has 36 heavy (non-hydrogen) atoms. The van der Waals surface area contributed by atoms with Crippen molar-refractivity contribution < 1.29 is 9.59 Å². The molecule has 3 aromatic heterocycles. The molecule has 1 amide bonds. The van der Waals surface area contributed by atoms with Gasteiger partial charge >= 0.3 is 0 Å². The van der Waals surface area contributed by atoms with Gasteiger partial charge in [0.25, 0.3) is 11.5 Å². The number of nitrogens with zero attached hydrogens (tertiary/aromatic N) is 4. The molecule has 0 bridgehead atoms. The van der Waals surface area contributed by atoms with Crippen LogP contribution in [0.5, 0.6) is 0 Å². The molecule has 3 heterocycles. The first kappa shape index (κ1) is 23.2. The van der Waals surface area contributed by atoms with Crippen molar-refractivity contribution in [2.45, 2.75) is 33.2 Å². The van der Waals surface area contributed by atoms with E-state index in [1.807, 2.05) is 61.5 Å². The number of pyridine rings is 1. The van der Waals surface area contributed by atoms with E-state index in [1.54, 1.807) is 34.5 Å². The van der Waals surface area contributed by atoms with Gasteiger partial charge in [-0.05, 0) is 56.0 Å². The summed E-state index contributed by atoms with van der Waals surface area (Å²) in [7, 11) is 0. The van der Waals surface area contributed by atoms with Crippen molar-refractivity contribution >= 4 is 28.1 Å². The number of para-hydroxylation sites is 1. The van der Waals surface area contributed by atoms with Crippen LogP contribution in [-0.2, 0) is 11.2 Å². The van der Waals surface area contributed by atoms with Crippen LogP contribution in [-0.4, -0.2) is 30.9 Å². The molecule has 0 radical (unpaired) electrons. The Morgan fingerprint density at radius 3 is 2.58 bits per heavy atom. The van der Waals surface area contributed by atoms with Crippen LogP contribution in [0.2, 0.25) is 0 Å². The molecule has 0 saturated heterocycles. The predicted octanol–water partition coefficient (Wildman–Crippen LogP) is 3.96. The second kappa shape index (κ2) is 9.22. The number of Topliss-reactive ketones (excluding diaryl/α,β-unsaturated/α-hetero) is 1. The van der Waals surface area contributed by atoms with E-state index < -0.39 is 6.04 Å². The Bertz CT molecular complexity index is 1680. The van der Waals surface area contributed by atoms with Crippen LogP contribution < -0.4 is 10.9 Å². The van der Waals surface area contributed by atoms with Gasteiger partial charge in [-0.15, -0.1) is 0 Å². The number of carbonyl (C=O) groups is 2. The van der Waals surface area contributed by atoms with Crippen molar-refractivity contribution in [2.75, 3.05) is 0 Å². The Morgan fingerprint density at radius 1 is 1.06 bits per heavy atom. The first-order chi connectivity index (χ1) is 17.3. The molecule has 0 aliphatic carbocycles. The fraction of sp³-hybridized carbons (Fsp3) is 0.179. The lowest BCUT2D eigenvalue weighted by Gasteiger charge is -2.21. The Balaban J connectivity index is 1.65. The number of aromatic nitrogens is 4. The number of benzene rings is 2. The third kappa shape index (κ3) is 4.07. The van der Waals surface area contributed by atoms with Gasteiger partial charge in [0.2, 0.25) is 0 Å². The van der Waals surface area contributed by atoms with Crippen molar-refractivity contribution in [2.24, 2.45) is 0 Å². The highest BCUT2D eigenvalue weighted by atomic mass is 16.2. The molecular weight excluding hydrogens is 454 g/mol. The highest BCUT2D eigenvalue weighted by Gasteiger charge is 2.23. The number of hydrogen-bond acceptors (Lipinski definition) is 5. The van der Waals surface area contributed by atoms with Gasteiger partial charge in [-0.25, -0.2) is 9.50 Å². The number of ketones is 1. The standard InChI is InChI=1S/C28H25N5O3/c1-17(34)15-20-9-7-10-21-16-23(33(28(36)25(20)21)22-11-5-4-6-12-22)18(2)30-27(35)24-19(3)31-32-14-8-13-29-26(24)32/h4-14,16,18H,15H2,1-3H3,(H,30,35)/t18-/m0/s1. The Kier molecular flexibility index (Phi) is 5.93. The molecule has 0 fully saturated rings. The van der Waals surface area contributed by atoms with Crippen molar-refractivity contribution in [1.82, 2.24) is 24.5 Å². The van der Waals surface area contributed by atoms with Crippen molar-refractivity contribution in [3.8, 4) is 5.69 Å². The number of nitrogens with one attached hydrogen (secondary N) is 1. The van der Waals surface area contributed by atoms with Crippen LogP contribution >= 0.6 is 0 Å². The summed E-state index contributed by atoms with van der Waals surface area (Å²) < 4.78 is 3.18. The van der Waals surface area contributed by atoms with E-state index in [9.17, 15) is 14.4 Å². The van der Waals surface area contributed by atoms with Crippen LogP contribution in [0.25, 0.3) is 22.1 Å². The van der Waals surface area contributed by atoms with Crippen LogP contribution in [0.1, 0.15) is 47.2 Å². The monoisotopic (exact) mass is 479 g/mol. The minimum absolute atomic E-state index is 0.0183. The SMILES string of the molecule is CC(=O)Cc1cccc2cc([C@H](C)NC(=O)c3c(C)nn4cccnc34)n(-c3ccccc3)c(=O)c12. The first-order valence-corrected chi connectivity index (χ1v) is 11.7. The summed E-state index contributed by atoms with van der Waals surface area (Å²) in [6.45, 7) is 5.12. The second-order valence-electron chi connectivity index (χ2n) is 8.85. The number of hydrogen-bond donors (Lipinski definition) is 1. The molecule has 0 spiro atoms. The summed E-state index contributed by atoms with van der Waals surface area (Å²) >= 11 is 0. The molecular formula is C28H25N5O3. The molecule has 8 heteroatoms. The molecule has 0 unspecified atom stereocenters. The molecule has 0 aliphatic rings. The number of carbonyl (C=O) groups excluding carboxylic acids is 2. The van der Waals surface area contributed by atoms with Crippen molar-refractivity contribution in [3.63, 3.8) is 0 Å². The van der Waals surface area contributed by atoms with Gasteiger partial charge in [0.1, 0.15) is 11.3 Å². The van der Waals surface area contributed by atoms with Crippen molar-refractivity contribution in [1.29, 1.82) is 0 Å². The number of aryl methyl sites for hydroxylation is 1. The maximum atomic E-state index is 13.9. The number of fused-ring (bicyclic) bond motifs is 2. The summed E-state index contributed by atoms with van der Waals surface area (Å²) in [5.74, 6) is -0.346. The van der Waals surface area contributed by atoms with Gasteiger partial charge in [0.15, 0.2) is 5.65 Å². The fourth-order valence-corrected chi connectivity index (χ4v) is 4.64. The van der Waals surface area contributed by atoms with E-state index in [2.05, 4.69) is 15.4 Å². The maximum absolute atomic E-state index is 13.9. The highest BCUT2D eigenvalue weighted by Crippen LogP contribution is 2.24. The Morgan fingerprint density at radius 2 is 1.83 bits per heavy atom. The molecule has 0 aliphatic heterocycles. The summed E-state index contributed by atoms with van der Waals surface area (Å²) in [4.78, 5) is 43.5. The number of rotatable bonds is 6. The van der Waals surface area contributed by atoms with E-state index in [1.165, 1.54) is 6.92 Å². The third-order valence-electron chi connectivity index (χ3n) is 6.20. The quantitative estimate of drug-likeness (QED) is 0.397. The van der Waals surface area contributed by atoms with Gasteiger partial charge in [0.05, 0.1) is 17.1 Å². The van der Waals surface area contributed by atoms with E-state index in [0.717, 1.165) is 5.39 Å². The molecule has 2 aromatic carbocycles.